The average molecular weight is 559 g/mol. The standard InChI is InChI=1S/C28H32F6N2O3/c1-16-6-4-5-7-21(16)25-22-14-36(26(38)35(2)3)13-17(22)8-9-23(25)39-24(15-37)18-10-19(27(29,30)31)12-20(11-18)28(32,33)34/h4-7,10-12,17,22-25,37H,8-9,13-15H2,1-3H3/t17-,22-,23+,24-,25+/m1/s1. The van der Waals surface area contributed by atoms with Crippen molar-refractivity contribution in [2.75, 3.05) is 33.8 Å². The zero-order valence-corrected chi connectivity index (χ0v) is 21.9. The van der Waals surface area contributed by atoms with E-state index < -0.39 is 42.3 Å². The summed E-state index contributed by atoms with van der Waals surface area (Å²) in [5, 5.41) is 10.1. The van der Waals surface area contributed by atoms with E-state index in [9.17, 15) is 36.2 Å². The molecule has 0 aromatic heterocycles. The van der Waals surface area contributed by atoms with E-state index in [0.717, 1.165) is 11.1 Å². The van der Waals surface area contributed by atoms with Crippen molar-refractivity contribution in [2.45, 2.75) is 50.2 Å². The van der Waals surface area contributed by atoms with E-state index in [2.05, 4.69) is 0 Å². The van der Waals surface area contributed by atoms with Gasteiger partial charge >= 0.3 is 18.4 Å². The third-order valence-electron chi connectivity index (χ3n) is 7.86. The molecular formula is C28H32F6N2O3. The molecule has 1 heterocycles. The smallest absolute Gasteiger partial charge is 0.393 e. The highest BCUT2D eigenvalue weighted by atomic mass is 19.4. The SMILES string of the molecule is Cc1ccccc1[C@H]1[C@@H]2CN(C(=O)N(C)C)C[C@H]2CC[C@@H]1O[C@H](CO)c1cc(C(F)(F)F)cc(C(F)(F)F)c1. The fourth-order valence-corrected chi connectivity index (χ4v) is 6.03. The highest BCUT2D eigenvalue weighted by molar-refractivity contribution is 5.74. The Morgan fingerprint density at radius 1 is 1.03 bits per heavy atom. The molecule has 0 bridgehead atoms. The van der Waals surface area contributed by atoms with Crippen molar-refractivity contribution in [3.63, 3.8) is 0 Å². The number of nitrogens with zero attached hydrogens (tertiary/aromatic N) is 2. The topological polar surface area (TPSA) is 53.0 Å². The van der Waals surface area contributed by atoms with Gasteiger partial charge in [-0.1, -0.05) is 24.3 Å². The van der Waals surface area contributed by atoms with Gasteiger partial charge in [0.15, 0.2) is 0 Å². The zero-order valence-electron chi connectivity index (χ0n) is 21.9. The summed E-state index contributed by atoms with van der Waals surface area (Å²) in [5.41, 5.74) is -1.38. The molecule has 0 radical (unpaired) electrons. The lowest BCUT2D eigenvalue weighted by molar-refractivity contribution is -0.143. The first kappa shape index (κ1) is 29.2. The number of benzene rings is 2. The molecule has 1 N–H and O–H groups in total. The maximum atomic E-state index is 13.5. The second-order valence-corrected chi connectivity index (χ2v) is 10.7. The minimum Gasteiger partial charge on any atom is -0.393 e. The molecule has 1 aliphatic heterocycles. The Kier molecular flexibility index (Phi) is 8.23. The van der Waals surface area contributed by atoms with Crippen LogP contribution in [0.4, 0.5) is 31.1 Å². The van der Waals surface area contributed by atoms with E-state index in [4.69, 9.17) is 4.74 Å². The van der Waals surface area contributed by atoms with Crippen LogP contribution >= 0.6 is 0 Å². The Morgan fingerprint density at radius 3 is 2.18 bits per heavy atom. The molecule has 4 rings (SSSR count). The van der Waals surface area contributed by atoms with Crippen LogP contribution in [0.1, 0.15) is 52.7 Å². The van der Waals surface area contributed by atoms with Gasteiger partial charge in [-0.15, -0.1) is 0 Å². The highest BCUT2D eigenvalue weighted by Gasteiger charge is 2.48. The summed E-state index contributed by atoms with van der Waals surface area (Å²) in [7, 11) is 3.34. The van der Waals surface area contributed by atoms with Gasteiger partial charge in [0.2, 0.25) is 0 Å². The molecule has 1 saturated heterocycles. The number of likely N-dealkylation sites (tertiary alicyclic amines) is 1. The number of carbonyl (C=O) groups is 1. The summed E-state index contributed by atoms with van der Waals surface area (Å²) in [6, 6.07) is 8.77. The fourth-order valence-electron chi connectivity index (χ4n) is 6.03. The summed E-state index contributed by atoms with van der Waals surface area (Å²) < 4.78 is 87.2. The lowest BCUT2D eigenvalue weighted by Gasteiger charge is -2.41. The summed E-state index contributed by atoms with van der Waals surface area (Å²) >= 11 is 0. The molecule has 1 aliphatic carbocycles. The maximum Gasteiger partial charge on any atom is 0.416 e. The number of halogens is 6. The molecule has 2 aromatic carbocycles. The fraction of sp³-hybridized carbons (Fsp3) is 0.536. The van der Waals surface area contributed by atoms with E-state index in [1.807, 2.05) is 31.2 Å². The average Bonchev–Trinajstić information content (AvgIpc) is 3.30. The van der Waals surface area contributed by atoms with Crippen LogP contribution in [0.2, 0.25) is 0 Å². The molecule has 214 valence electrons. The molecule has 2 amide bonds. The molecule has 11 heteroatoms. The number of aliphatic hydroxyl groups is 1. The quantitative estimate of drug-likeness (QED) is 0.441. The van der Waals surface area contributed by atoms with Gasteiger partial charge in [0.1, 0.15) is 6.10 Å². The molecule has 0 unspecified atom stereocenters. The van der Waals surface area contributed by atoms with Crippen molar-refractivity contribution in [3.8, 4) is 0 Å². The number of hydrogen-bond acceptors (Lipinski definition) is 3. The summed E-state index contributed by atoms with van der Waals surface area (Å²) in [5.74, 6) is -0.136. The summed E-state index contributed by atoms with van der Waals surface area (Å²) in [6.07, 6.45) is -10.9. The van der Waals surface area contributed by atoms with Gasteiger partial charge in [0, 0.05) is 33.1 Å². The molecular weight excluding hydrogens is 526 g/mol. The molecule has 0 spiro atoms. The Hall–Kier alpha value is -2.79. The first-order chi connectivity index (χ1) is 18.2. The first-order valence-corrected chi connectivity index (χ1v) is 12.8. The number of carbonyl (C=O) groups excluding carboxylic acids is 1. The molecule has 2 aromatic rings. The van der Waals surface area contributed by atoms with E-state index >= 15 is 0 Å². The number of ether oxygens (including phenoxy) is 1. The predicted octanol–water partition coefficient (Wildman–Crippen LogP) is 6.26. The molecule has 5 nitrogen and oxygen atoms in total. The third kappa shape index (κ3) is 6.19. The van der Waals surface area contributed by atoms with Gasteiger partial charge in [0.05, 0.1) is 23.8 Å². The van der Waals surface area contributed by atoms with Crippen molar-refractivity contribution in [3.05, 3.63) is 70.3 Å². The largest absolute Gasteiger partial charge is 0.416 e. The molecule has 1 saturated carbocycles. The Bertz CT molecular complexity index is 1150. The van der Waals surface area contributed by atoms with Crippen LogP contribution in [-0.4, -0.2) is 60.8 Å². The van der Waals surface area contributed by atoms with E-state index in [-0.39, 0.29) is 35.4 Å². The van der Waals surface area contributed by atoms with Gasteiger partial charge in [0.25, 0.3) is 0 Å². The van der Waals surface area contributed by atoms with Crippen LogP contribution in [-0.2, 0) is 17.1 Å². The number of urea groups is 1. The van der Waals surface area contributed by atoms with Crippen LogP contribution in [0.3, 0.4) is 0 Å². The van der Waals surface area contributed by atoms with Crippen LogP contribution in [0.15, 0.2) is 42.5 Å². The number of aliphatic hydroxyl groups excluding tert-OH is 1. The van der Waals surface area contributed by atoms with Gasteiger partial charge < -0.3 is 19.6 Å². The molecule has 39 heavy (non-hydrogen) atoms. The molecule has 2 aliphatic rings. The number of hydrogen-bond donors (Lipinski definition) is 1. The van der Waals surface area contributed by atoms with Crippen molar-refractivity contribution in [2.24, 2.45) is 11.8 Å². The van der Waals surface area contributed by atoms with E-state index in [1.165, 1.54) is 4.90 Å². The van der Waals surface area contributed by atoms with Crippen LogP contribution < -0.4 is 0 Å². The number of alkyl halides is 6. The van der Waals surface area contributed by atoms with Gasteiger partial charge in [-0.05, 0) is 66.5 Å². The first-order valence-electron chi connectivity index (χ1n) is 12.8. The minimum absolute atomic E-state index is 0.0275. The summed E-state index contributed by atoms with van der Waals surface area (Å²) in [4.78, 5) is 16.0. The number of aryl methyl sites for hydroxylation is 1. The third-order valence-corrected chi connectivity index (χ3v) is 7.86. The Balaban J connectivity index is 1.71. The highest BCUT2D eigenvalue weighted by Crippen LogP contribution is 2.49. The van der Waals surface area contributed by atoms with Gasteiger partial charge in [-0.3, -0.25) is 0 Å². The van der Waals surface area contributed by atoms with E-state index in [0.29, 0.717) is 38.1 Å². The zero-order chi connectivity index (χ0) is 28.7. The van der Waals surface area contributed by atoms with Crippen molar-refractivity contribution in [1.82, 2.24) is 9.80 Å². The Morgan fingerprint density at radius 2 is 1.64 bits per heavy atom. The second kappa shape index (κ2) is 11.0. The normalized spacial score (nSPS) is 24.4. The lowest BCUT2D eigenvalue weighted by atomic mass is 9.68. The number of fused-ring (bicyclic) bond motifs is 1. The van der Waals surface area contributed by atoms with Crippen LogP contribution in [0, 0.1) is 18.8 Å². The van der Waals surface area contributed by atoms with E-state index in [1.54, 1.807) is 19.0 Å². The maximum absolute atomic E-state index is 13.5. The van der Waals surface area contributed by atoms with Crippen LogP contribution in [0.25, 0.3) is 0 Å². The van der Waals surface area contributed by atoms with Gasteiger partial charge in [-0.2, -0.15) is 26.3 Å². The van der Waals surface area contributed by atoms with Crippen molar-refractivity contribution >= 4 is 6.03 Å². The Labute approximate surface area is 223 Å². The lowest BCUT2D eigenvalue weighted by Crippen LogP contribution is -2.40. The second-order valence-electron chi connectivity index (χ2n) is 10.7. The molecule has 2 fully saturated rings. The van der Waals surface area contributed by atoms with Crippen molar-refractivity contribution in [1.29, 1.82) is 0 Å². The van der Waals surface area contributed by atoms with Gasteiger partial charge in [-0.25, -0.2) is 4.79 Å². The minimum atomic E-state index is -5.01. The number of amides is 2. The van der Waals surface area contributed by atoms with Crippen LogP contribution in [0.5, 0.6) is 0 Å². The predicted molar refractivity (Wildman–Crippen MR) is 132 cm³/mol. The summed E-state index contributed by atoms with van der Waals surface area (Å²) in [6.45, 7) is 2.14. The number of rotatable bonds is 5. The monoisotopic (exact) mass is 558 g/mol. The molecule has 5 atom stereocenters. The van der Waals surface area contributed by atoms with Crippen molar-refractivity contribution < 1.29 is 41.0 Å².